The first kappa shape index (κ1) is 25.4. The fraction of sp³-hybridized carbons (Fsp3) is 0.115. The van der Waals surface area contributed by atoms with Gasteiger partial charge in [-0.25, -0.2) is 9.13 Å². The van der Waals surface area contributed by atoms with Crippen molar-refractivity contribution in [3.8, 4) is 11.4 Å². The van der Waals surface area contributed by atoms with Crippen LogP contribution < -0.4 is 28.5 Å². The molecule has 30 heavy (non-hydrogen) atoms. The molecule has 4 heteroatoms. The van der Waals surface area contributed by atoms with E-state index in [1.54, 1.807) is 0 Å². The van der Waals surface area contributed by atoms with Crippen molar-refractivity contribution >= 4 is 11.0 Å². The molecule has 2 aromatic carbocycles. The van der Waals surface area contributed by atoms with Crippen LogP contribution in [0.4, 0.5) is 0 Å². The van der Waals surface area contributed by atoms with Crippen molar-refractivity contribution in [2.75, 3.05) is 0 Å². The summed E-state index contributed by atoms with van der Waals surface area (Å²) < 4.78 is 4.71. The van der Waals surface area contributed by atoms with Crippen LogP contribution in [0, 0.1) is 70.6 Å². The van der Waals surface area contributed by atoms with Crippen molar-refractivity contribution in [2.45, 2.75) is 13.5 Å². The fourth-order valence-electron chi connectivity index (χ4n) is 3.62. The van der Waals surface area contributed by atoms with Gasteiger partial charge in [-0.3, -0.25) is 0 Å². The second-order valence-electron chi connectivity index (χ2n) is 7.08. The minimum atomic E-state index is 0. The monoisotopic (exact) mass is 548 g/mol. The van der Waals surface area contributed by atoms with Crippen molar-refractivity contribution in [3.63, 3.8) is 0 Å². The summed E-state index contributed by atoms with van der Waals surface area (Å²) in [7, 11) is 2.15. The van der Waals surface area contributed by atoms with Gasteiger partial charge in [0.25, 0.3) is 5.82 Å². The Labute approximate surface area is 209 Å². The minimum Gasteiger partial charge on any atom is -1.00 e. The van der Waals surface area contributed by atoms with Crippen LogP contribution in [0.5, 0.6) is 0 Å². The topological polar surface area (TPSA) is 8.81 Å². The summed E-state index contributed by atoms with van der Waals surface area (Å²) in [6, 6.07) is 17.4. The largest absolute Gasteiger partial charge is 2.00 e. The van der Waals surface area contributed by atoms with Crippen LogP contribution in [0.2, 0.25) is 0 Å². The molecule has 0 aliphatic heterocycles. The number of aryl methyl sites for hydroxylation is 2. The van der Waals surface area contributed by atoms with Crippen molar-refractivity contribution in [1.82, 2.24) is 4.57 Å². The standard InChI is InChI=1S/C21H20N2.C5H5.Fe.HI/c1-16-11-13-18(14-12-16)21-22(2)19-9-5-6-10-20(19)23(21)15-17-7-3-4-8-17;1-2-4-5-3-1;;/h3-14H,15H2,1-2H3;1-5H;;1H/q+1;;+2;/p-1. The Bertz CT molecular complexity index is 899. The van der Waals surface area contributed by atoms with E-state index in [-0.39, 0.29) is 41.0 Å². The van der Waals surface area contributed by atoms with Gasteiger partial charge in [-0.1, -0.05) is 29.8 Å². The fourth-order valence-corrected chi connectivity index (χ4v) is 3.62. The maximum Gasteiger partial charge on any atom is 2.00 e. The number of rotatable bonds is 3. The van der Waals surface area contributed by atoms with Crippen LogP contribution in [-0.4, -0.2) is 4.57 Å². The Balaban J connectivity index is 0.000000404. The summed E-state index contributed by atoms with van der Waals surface area (Å²) in [5, 5.41) is 0. The summed E-state index contributed by atoms with van der Waals surface area (Å²) in [4.78, 5) is 0. The zero-order chi connectivity index (χ0) is 19.3. The molecule has 0 bridgehead atoms. The van der Waals surface area contributed by atoms with Crippen LogP contribution in [-0.2, 0) is 30.7 Å². The van der Waals surface area contributed by atoms with Gasteiger partial charge in [-0.05, 0) is 89.0 Å². The predicted octanol–water partition coefficient (Wildman–Crippen LogP) is 1.87. The van der Waals surface area contributed by atoms with Crippen molar-refractivity contribution in [1.29, 1.82) is 0 Å². The second-order valence-corrected chi connectivity index (χ2v) is 7.08. The van der Waals surface area contributed by atoms with Gasteiger partial charge in [-0.15, -0.1) is 0 Å². The molecule has 0 spiro atoms. The molecule has 2 fully saturated rings. The third kappa shape index (κ3) is 5.89. The quantitative estimate of drug-likeness (QED) is 0.269. The van der Waals surface area contributed by atoms with Gasteiger partial charge < -0.3 is 24.0 Å². The van der Waals surface area contributed by atoms with Crippen LogP contribution in [0.25, 0.3) is 22.4 Å². The van der Waals surface area contributed by atoms with Gasteiger partial charge in [-0.2, -0.15) is 0 Å². The van der Waals surface area contributed by atoms with E-state index in [9.17, 15) is 0 Å². The molecule has 152 valence electrons. The molecule has 2 aliphatic rings. The number of fused-ring (bicyclic) bond motifs is 1. The van der Waals surface area contributed by atoms with E-state index in [2.05, 4.69) is 97.3 Å². The number of benzene rings is 2. The molecule has 10 radical (unpaired) electrons. The third-order valence-corrected chi connectivity index (χ3v) is 5.04. The third-order valence-electron chi connectivity index (χ3n) is 5.04. The summed E-state index contributed by atoms with van der Waals surface area (Å²) in [5.41, 5.74) is 5.07. The first-order chi connectivity index (χ1) is 13.7. The minimum absolute atomic E-state index is 0. The van der Waals surface area contributed by atoms with Gasteiger partial charge in [0.15, 0.2) is 11.0 Å². The van der Waals surface area contributed by atoms with E-state index in [1.165, 1.54) is 33.9 Å². The Morgan fingerprint density at radius 3 is 1.93 bits per heavy atom. The van der Waals surface area contributed by atoms with E-state index in [0.29, 0.717) is 0 Å². The normalized spacial score (nSPS) is 15.9. The molecule has 0 amide bonds. The number of imidazole rings is 1. The summed E-state index contributed by atoms with van der Waals surface area (Å²) in [6.45, 7) is 3.01. The maximum absolute atomic E-state index is 2.41. The van der Waals surface area contributed by atoms with E-state index in [1.807, 2.05) is 32.1 Å². The molecule has 0 atom stereocenters. The SMILES string of the molecule is Cc1ccc(-c2n(C[C]3[CH][CH][CH][CH]3)c3ccccc3[n+]2C)cc1.[CH]1[CH][CH][CH][CH]1.[Fe+2].[I-]. The number of hydrogen-bond donors (Lipinski definition) is 0. The molecule has 5 rings (SSSR count). The number of aromatic nitrogens is 2. The summed E-state index contributed by atoms with van der Waals surface area (Å²) in [5.74, 6) is 2.58. The first-order valence-corrected chi connectivity index (χ1v) is 9.65. The molecule has 2 saturated carbocycles. The van der Waals surface area contributed by atoms with Crippen molar-refractivity contribution in [3.05, 3.63) is 118 Å². The van der Waals surface area contributed by atoms with Gasteiger partial charge in [0.2, 0.25) is 0 Å². The smallest absolute Gasteiger partial charge is 1.00 e. The summed E-state index contributed by atoms with van der Waals surface area (Å²) >= 11 is 0. The van der Waals surface area contributed by atoms with Gasteiger partial charge >= 0.3 is 17.1 Å². The predicted molar refractivity (Wildman–Crippen MR) is 115 cm³/mol. The Morgan fingerprint density at radius 1 is 0.767 bits per heavy atom. The van der Waals surface area contributed by atoms with E-state index in [0.717, 1.165) is 6.54 Å². The van der Waals surface area contributed by atoms with Gasteiger partial charge in [0.1, 0.15) is 0 Å². The second kappa shape index (κ2) is 12.3. The average molecular weight is 548 g/mol. The molecule has 2 aliphatic carbocycles. The molecule has 0 unspecified atom stereocenters. The van der Waals surface area contributed by atoms with Crippen molar-refractivity contribution in [2.24, 2.45) is 7.05 Å². The van der Waals surface area contributed by atoms with E-state index in [4.69, 9.17) is 0 Å². The molecule has 1 heterocycles. The average Bonchev–Trinajstić information content (AvgIpc) is 3.48. The Hall–Kier alpha value is -0.841. The van der Waals surface area contributed by atoms with Crippen LogP contribution in [0.1, 0.15) is 5.56 Å². The maximum atomic E-state index is 2.41. The van der Waals surface area contributed by atoms with E-state index >= 15 is 0 Å². The molecular weight excluding hydrogens is 523 g/mol. The first-order valence-electron chi connectivity index (χ1n) is 9.65. The number of nitrogens with zero attached hydrogens (tertiary/aromatic N) is 2. The van der Waals surface area contributed by atoms with Crippen LogP contribution in [0.15, 0.2) is 48.5 Å². The van der Waals surface area contributed by atoms with E-state index < -0.39 is 0 Å². The molecule has 3 aromatic rings. The zero-order valence-corrected chi connectivity index (χ0v) is 20.4. The molecule has 0 saturated heterocycles. The number of hydrogen-bond acceptors (Lipinski definition) is 0. The number of halogens is 1. The van der Waals surface area contributed by atoms with Crippen LogP contribution in [0.3, 0.4) is 0 Å². The molecule has 1 aromatic heterocycles. The Morgan fingerprint density at radius 2 is 1.33 bits per heavy atom. The molecular formula is C26H25FeIN2+2. The number of para-hydroxylation sites is 2. The van der Waals surface area contributed by atoms with Crippen molar-refractivity contribution < 1.29 is 45.6 Å². The summed E-state index contributed by atoms with van der Waals surface area (Å²) in [6.07, 6.45) is 18.6. The van der Waals surface area contributed by atoms with Crippen LogP contribution >= 0.6 is 0 Å². The van der Waals surface area contributed by atoms with Gasteiger partial charge in [0.05, 0.1) is 19.2 Å². The molecule has 2 nitrogen and oxygen atoms in total. The Kier molecular flexibility index (Phi) is 10.4. The van der Waals surface area contributed by atoms with Gasteiger partial charge in [0, 0.05) is 5.92 Å². The molecule has 0 N–H and O–H groups in total. The zero-order valence-electron chi connectivity index (χ0n) is 17.1.